The lowest BCUT2D eigenvalue weighted by Gasteiger charge is -2.06. The molecule has 4 heteroatoms. The Labute approximate surface area is 105 Å². The summed E-state index contributed by atoms with van der Waals surface area (Å²) >= 11 is 0. The number of imidazole rings is 1. The molecular weight excluding hydrogens is 226 g/mol. The second kappa shape index (κ2) is 4.07. The van der Waals surface area contributed by atoms with Gasteiger partial charge in [-0.1, -0.05) is 0 Å². The Kier molecular flexibility index (Phi) is 2.41. The van der Waals surface area contributed by atoms with Gasteiger partial charge in [0.2, 0.25) is 0 Å². The van der Waals surface area contributed by atoms with E-state index in [1.54, 1.807) is 6.33 Å². The van der Waals surface area contributed by atoms with E-state index >= 15 is 0 Å². The van der Waals surface area contributed by atoms with Gasteiger partial charge in [0.15, 0.2) is 0 Å². The Morgan fingerprint density at radius 1 is 1.06 bits per heavy atom. The lowest BCUT2D eigenvalue weighted by Crippen LogP contribution is -1.88. The van der Waals surface area contributed by atoms with E-state index in [0.29, 0.717) is 0 Å². The first-order valence-electron chi connectivity index (χ1n) is 5.67. The second-order valence-corrected chi connectivity index (χ2v) is 4.18. The molecule has 0 aliphatic heterocycles. The number of fused-ring (bicyclic) bond motifs is 1. The number of anilines is 1. The highest BCUT2D eigenvalue weighted by molar-refractivity contribution is 5.77. The van der Waals surface area contributed by atoms with Gasteiger partial charge >= 0.3 is 0 Å². The molecule has 0 radical (unpaired) electrons. The van der Waals surface area contributed by atoms with Crippen LogP contribution in [0, 0.1) is 0 Å². The average Bonchev–Trinajstić information content (AvgIpc) is 2.74. The number of nitrogens with zero attached hydrogens (tertiary/aromatic N) is 2. The number of rotatable bonds is 2. The van der Waals surface area contributed by atoms with Crippen LogP contribution in [0.1, 0.15) is 0 Å². The summed E-state index contributed by atoms with van der Waals surface area (Å²) in [7, 11) is 1.96. The van der Waals surface area contributed by atoms with Crippen molar-refractivity contribution in [2.75, 3.05) is 5.73 Å². The van der Waals surface area contributed by atoms with Crippen molar-refractivity contribution in [2.24, 2.45) is 7.05 Å². The van der Waals surface area contributed by atoms with Crippen molar-refractivity contribution in [3.8, 4) is 11.5 Å². The molecule has 0 unspecified atom stereocenters. The quantitative estimate of drug-likeness (QED) is 0.699. The minimum Gasteiger partial charge on any atom is -0.457 e. The third-order valence-corrected chi connectivity index (χ3v) is 2.81. The normalized spacial score (nSPS) is 10.7. The third-order valence-electron chi connectivity index (χ3n) is 2.81. The van der Waals surface area contributed by atoms with Crippen molar-refractivity contribution in [3.05, 3.63) is 48.8 Å². The van der Waals surface area contributed by atoms with E-state index < -0.39 is 0 Å². The highest BCUT2D eigenvalue weighted by atomic mass is 16.5. The summed E-state index contributed by atoms with van der Waals surface area (Å²) in [6.45, 7) is 0. The maximum atomic E-state index is 5.77. The van der Waals surface area contributed by atoms with Crippen LogP contribution in [-0.2, 0) is 7.05 Å². The van der Waals surface area contributed by atoms with Gasteiger partial charge in [0.1, 0.15) is 11.5 Å². The number of ether oxygens (including phenoxy) is 1. The van der Waals surface area contributed by atoms with Crippen LogP contribution < -0.4 is 10.5 Å². The maximum Gasteiger partial charge on any atom is 0.129 e. The lowest BCUT2D eigenvalue weighted by molar-refractivity contribution is 0.483. The van der Waals surface area contributed by atoms with Gasteiger partial charge < -0.3 is 15.0 Å². The number of aryl methyl sites for hydroxylation is 1. The van der Waals surface area contributed by atoms with Crippen LogP contribution in [0.5, 0.6) is 11.5 Å². The summed E-state index contributed by atoms with van der Waals surface area (Å²) in [5, 5.41) is 0. The van der Waals surface area contributed by atoms with Gasteiger partial charge in [0.05, 0.1) is 17.4 Å². The van der Waals surface area contributed by atoms with Gasteiger partial charge in [0.25, 0.3) is 0 Å². The second-order valence-electron chi connectivity index (χ2n) is 4.18. The summed E-state index contributed by atoms with van der Waals surface area (Å²) in [5.74, 6) is 1.56. The zero-order valence-electron chi connectivity index (χ0n) is 10.00. The fourth-order valence-corrected chi connectivity index (χ4v) is 1.84. The summed E-state index contributed by atoms with van der Waals surface area (Å²) in [6.07, 6.45) is 1.79. The van der Waals surface area contributed by atoms with Crippen molar-refractivity contribution < 1.29 is 4.74 Å². The van der Waals surface area contributed by atoms with Crippen LogP contribution in [-0.4, -0.2) is 9.55 Å². The molecule has 0 saturated carbocycles. The van der Waals surface area contributed by atoms with E-state index in [2.05, 4.69) is 4.98 Å². The van der Waals surface area contributed by atoms with Crippen molar-refractivity contribution in [2.45, 2.75) is 0 Å². The topological polar surface area (TPSA) is 53.1 Å². The lowest BCUT2D eigenvalue weighted by atomic mass is 10.3. The molecule has 0 amide bonds. The standard InChI is InChI=1S/C14H13N3O/c1-17-9-16-13-7-6-12(8-14(13)17)18-11-4-2-10(15)3-5-11/h2-9H,15H2,1H3. The van der Waals surface area contributed by atoms with Crippen LogP contribution in [0.15, 0.2) is 48.8 Å². The Hall–Kier alpha value is -2.49. The number of hydrogen-bond donors (Lipinski definition) is 1. The molecule has 3 aromatic rings. The minimum absolute atomic E-state index is 0.726. The van der Waals surface area contributed by atoms with Gasteiger partial charge in [-0.25, -0.2) is 4.98 Å². The molecule has 0 bridgehead atoms. The van der Waals surface area contributed by atoms with E-state index in [9.17, 15) is 0 Å². The highest BCUT2D eigenvalue weighted by Gasteiger charge is 2.03. The zero-order valence-corrected chi connectivity index (χ0v) is 10.00. The molecule has 0 spiro atoms. The number of hydrogen-bond acceptors (Lipinski definition) is 3. The fraction of sp³-hybridized carbons (Fsp3) is 0.0714. The molecule has 0 aliphatic carbocycles. The predicted molar refractivity (Wildman–Crippen MR) is 71.6 cm³/mol. The van der Waals surface area contributed by atoms with E-state index in [0.717, 1.165) is 28.2 Å². The van der Waals surface area contributed by atoms with Crippen molar-refractivity contribution >= 4 is 16.7 Å². The SMILES string of the molecule is Cn1cnc2ccc(Oc3ccc(N)cc3)cc21. The highest BCUT2D eigenvalue weighted by Crippen LogP contribution is 2.25. The molecule has 0 atom stereocenters. The number of nitrogen functional groups attached to an aromatic ring is 1. The Bertz CT molecular complexity index is 686. The first-order chi connectivity index (χ1) is 8.72. The number of aromatic nitrogens is 2. The Balaban J connectivity index is 1.94. The molecule has 90 valence electrons. The molecule has 1 heterocycles. The van der Waals surface area contributed by atoms with Crippen LogP contribution in [0.4, 0.5) is 5.69 Å². The predicted octanol–water partition coefficient (Wildman–Crippen LogP) is 2.95. The zero-order chi connectivity index (χ0) is 12.5. The molecule has 3 rings (SSSR count). The first-order valence-corrected chi connectivity index (χ1v) is 5.67. The largest absolute Gasteiger partial charge is 0.457 e. The van der Waals surface area contributed by atoms with Crippen LogP contribution in [0.3, 0.4) is 0 Å². The van der Waals surface area contributed by atoms with Gasteiger partial charge in [0, 0.05) is 18.8 Å². The monoisotopic (exact) mass is 239 g/mol. The fourth-order valence-electron chi connectivity index (χ4n) is 1.84. The van der Waals surface area contributed by atoms with Crippen molar-refractivity contribution in [3.63, 3.8) is 0 Å². The van der Waals surface area contributed by atoms with Gasteiger partial charge in [-0.3, -0.25) is 0 Å². The molecule has 0 aliphatic rings. The third kappa shape index (κ3) is 1.88. The summed E-state index contributed by atoms with van der Waals surface area (Å²) < 4.78 is 7.73. The van der Waals surface area contributed by atoms with Crippen LogP contribution >= 0.6 is 0 Å². The maximum absolute atomic E-state index is 5.77. The van der Waals surface area contributed by atoms with Crippen molar-refractivity contribution in [1.29, 1.82) is 0 Å². The van der Waals surface area contributed by atoms with Gasteiger partial charge in [-0.2, -0.15) is 0 Å². The van der Waals surface area contributed by atoms with E-state index in [4.69, 9.17) is 10.5 Å². The molecule has 18 heavy (non-hydrogen) atoms. The smallest absolute Gasteiger partial charge is 0.129 e. The van der Waals surface area contributed by atoms with Crippen molar-refractivity contribution in [1.82, 2.24) is 9.55 Å². The van der Waals surface area contributed by atoms with E-state index in [1.165, 1.54) is 0 Å². The molecule has 4 nitrogen and oxygen atoms in total. The number of nitrogens with two attached hydrogens (primary N) is 1. The molecule has 1 aromatic heterocycles. The number of benzene rings is 2. The first kappa shape index (κ1) is 10.7. The molecular formula is C14H13N3O. The Morgan fingerprint density at radius 2 is 1.78 bits per heavy atom. The average molecular weight is 239 g/mol. The van der Waals surface area contributed by atoms with Gasteiger partial charge in [-0.05, 0) is 36.4 Å². The summed E-state index contributed by atoms with van der Waals surface area (Å²) in [6, 6.07) is 13.2. The minimum atomic E-state index is 0.726. The summed E-state index contributed by atoms with van der Waals surface area (Å²) in [4.78, 5) is 4.27. The Morgan fingerprint density at radius 3 is 2.56 bits per heavy atom. The van der Waals surface area contributed by atoms with E-state index in [-0.39, 0.29) is 0 Å². The molecule has 2 N–H and O–H groups in total. The molecule has 0 saturated heterocycles. The summed E-state index contributed by atoms with van der Waals surface area (Å²) in [5.41, 5.74) is 8.36. The molecule has 2 aromatic carbocycles. The van der Waals surface area contributed by atoms with Crippen LogP contribution in [0.2, 0.25) is 0 Å². The molecule has 0 fully saturated rings. The van der Waals surface area contributed by atoms with E-state index in [1.807, 2.05) is 54.1 Å². The van der Waals surface area contributed by atoms with Crippen LogP contribution in [0.25, 0.3) is 11.0 Å². The van der Waals surface area contributed by atoms with Gasteiger partial charge in [-0.15, -0.1) is 0 Å².